The summed E-state index contributed by atoms with van der Waals surface area (Å²) < 4.78 is 2.69. The zero-order valence-corrected chi connectivity index (χ0v) is 22.7. The Balaban J connectivity index is 1.62. The molecular formula is C30H27BrN2O2S. The topological polar surface area (TPSA) is 52.0 Å². The normalized spacial score (nSPS) is 16.3. The second-order valence-electron chi connectivity index (χ2n) is 9.46. The Bertz CT molecular complexity index is 1480. The number of fused-ring (bicyclic) bond motifs is 3. The molecule has 1 aliphatic rings. The van der Waals surface area contributed by atoms with Crippen LogP contribution >= 0.6 is 27.7 Å². The quantitative estimate of drug-likeness (QED) is 0.140. The number of aromatic nitrogens is 2. The van der Waals surface area contributed by atoms with Crippen molar-refractivity contribution in [1.82, 2.24) is 9.55 Å². The monoisotopic (exact) mass is 558 g/mol. The molecule has 0 spiro atoms. The maximum absolute atomic E-state index is 14.2. The van der Waals surface area contributed by atoms with Crippen LogP contribution in [-0.4, -0.2) is 21.1 Å². The van der Waals surface area contributed by atoms with Crippen molar-refractivity contribution in [3.63, 3.8) is 0 Å². The molecule has 0 fully saturated rings. The van der Waals surface area contributed by atoms with Gasteiger partial charge in [0.25, 0.3) is 5.56 Å². The Morgan fingerprint density at radius 3 is 2.44 bits per heavy atom. The number of hydrogen-bond donors (Lipinski definition) is 0. The highest BCUT2D eigenvalue weighted by Crippen LogP contribution is 2.43. The van der Waals surface area contributed by atoms with E-state index in [0.29, 0.717) is 17.3 Å². The van der Waals surface area contributed by atoms with Crippen LogP contribution in [0.25, 0.3) is 11.3 Å². The zero-order valence-electron chi connectivity index (χ0n) is 20.3. The van der Waals surface area contributed by atoms with Crippen molar-refractivity contribution in [2.45, 2.75) is 43.8 Å². The molecule has 6 heteroatoms. The maximum atomic E-state index is 14.2. The molecule has 1 atom stereocenters. The number of carbonyl (C=O) groups is 1. The van der Waals surface area contributed by atoms with Gasteiger partial charge < -0.3 is 0 Å². The van der Waals surface area contributed by atoms with Crippen molar-refractivity contribution >= 4 is 33.5 Å². The molecule has 182 valence electrons. The lowest BCUT2D eigenvalue weighted by atomic mass is 9.69. The van der Waals surface area contributed by atoms with Crippen molar-refractivity contribution in [3.8, 4) is 11.3 Å². The highest BCUT2D eigenvalue weighted by atomic mass is 79.9. The van der Waals surface area contributed by atoms with Crippen molar-refractivity contribution in [2.24, 2.45) is 0 Å². The third-order valence-electron chi connectivity index (χ3n) is 7.05. The van der Waals surface area contributed by atoms with Crippen LogP contribution in [0.1, 0.15) is 47.3 Å². The molecule has 1 aromatic heterocycles. The number of hydrogen-bond acceptors (Lipinski definition) is 4. The molecule has 0 bridgehead atoms. The summed E-state index contributed by atoms with van der Waals surface area (Å²) in [4.78, 5) is 32.3. The minimum absolute atomic E-state index is 0.00419. The standard InChI is InChI=1S/C30H27BrN2O2S/c1-3-30(2)17-22-11-7-8-12-24(22)27-26(30)28(35)33(18-20-9-5-4-6-10-20)29(32-27)36-19-25(34)21-13-15-23(31)16-14-21/h4-16H,3,17-19H2,1-2H3. The lowest BCUT2D eigenvalue weighted by molar-refractivity contribution is 0.102. The molecule has 0 saturated heterocycles. The summed E-state index contributed by atoms with van der Waals surface area (Å²) >= 11 is 4.75. The van der Waals surface area contributed by atoms with Crippen LogP contribution in [-0.2, 0) is 18.4 Å². The van der Waals surface area contributed by atoms with E-state index in [1.165, 1.54) is 17.3 Å². The molecule has 0 radical (unpaired) electrons. The van der Waals surface area contributed by atoms with Crippen LogP contribution in [0.4, 0.5) is 0 Å². The molecule has 0 N–H and O–H groups in total. The summed E-state index contributed by atoms with van der Waals surface area (Å²) in [5.41, 5.74) is 5.12. The van der Waals surface area contributed by atoms with E-state index in [4.69, 9.17) is 4.98 Å². The Labute approximate surface area is 223 Å². The van der Waals surface area contributed by atoms with E-state index in [0.717, 1.165) is 39.7 Å². The zero-order chi connectivity index (χ0) is 25.3. The molecule has 0 aliphatic heterocycles. The van der Waals surface area contributed by atoms with Gasteiger partial charge in [-0.05, 0) is 36.1 Å². The summed E-state index contributed by atoms with van der Waals surface area (Å²) in [6.45, 7) is 4.72. The van der Waals surface area contributed by atoms with E-state index in [-0.39, 0.29) is 22.5 Å². The van der Waals surface area contributed by atoms with Crippen LogP contribution in [0.5, 0.6) is 0 Å². The lowest BCUT2D eigenvalue weighted by Crippen LogP contribution is -2.40. The van der Waals surface area contributed by atoms with Crippen LogP contribution in [0.3, 0.4) is 0 Å². The van der Waals surface area contributed by atoms with Gasteiger partial charge in [-0.2, -0.15) is 0 Å². The third kappa shape index (κ3) is 4.72. The van der Waals surface area contributed by atoms with Gasteiger partial charge >= 0.3 is 0 Å². The molecule has 5 rings (SSSR count). The molecule has 0 amide bonds. The van der Waals surface area contributed by atoms with E-state index in [1.54, 1.807) is 4.57 Å². The first-order chi connectivity index (χ1) is 17.4. The van der Waals surface area contributed by atoms with Gasteiger partial charge in [-0.15, -0.1) is 0 Å². The van der Waals surface area contributed by atoms with Crippen molar-refractivity contribution in [1.29, 1.82) is 0 Å². The fourth-order valence-corrected chi connectivity index (χ4v) is 6.01. The molecule has 1 unspecified atom stereocenters. The minimum atomic E-state index is -0.303. The van der Waals surface area contributed by atoms with Crippen molar-refractivity contribution < 1.29 is 4.79 Å². The van der Waals surface area contributed by atoms with Gasteiger partial charge in [-0.3, -0.25) is 14.2 Å². The maximum Gasteiger partial charge on any atom is 0.258 e. The average molecular weight is 560 g/mol. The molecule has 3 aromatic carbocycles. The van der Waals surface area contributed by atoms with Gasteiger partial charge in [-0.25, -0.2) is 4.98 Å². The SMILES string of the molecule is CCC1(C)Cc2ccccc2-c2nc(SCC(=O)c3ccc(Br)cc3)n(Cc3ccccc3)c(=O)c21. The van der Waals surface area contributed by atoms with Crippen LogP contribution in [0, 0.1) is 0 Å². The first-order valence-corrected chi connectivity index (χ1v) is 13.9. The highest BCUT2D eigenvalue weighted by Gasteiger charge is 2.38. The molecule has 0 saturated carbocycles. The van der Waals surface area contributed by atoms with Gasteiger partial charge in [-0.1, -0.05) is 108 Å². The fraction of sp³-hybridized carbons (Fsp3) is 0.233. The van der Waals surface area contributed by atoms with Gasteiger partial charge in [0.15, 0.2) is 10.9 Å². The highest BCUT2D eigenvalue weighted by molar-refractivity contribution is 9.10. The molecular weight excluding hydrogens is 532 g/mol. The smallest absolute Gasteiger partial charge is 0.258 e. The third-order valence-corrected chi connectivity index (χ3v) is 8.56. The van der Waals surface area contributed by atoms with Gasteiger partial charge in [0.1, 0.15) is 0 Å². The van der Waals surface area contributed by atoms with E-state index >= 15 is 0 Å². The predicted molar refractivity (Wildman–Crippen MR) is 150 cm³/mol. The van der Waals surface area contributed by atoms with Gasteiger partial charge in [0.2, 0.25) is 0 Å². The Hall–Kier alpha value is -2.96. The number of halogens is 1. The van der Waals surface area contributed by atoms with E-state index in [9.17, 15) is 9.59 Å². The average Bonchev–Trinajstić information content (AvgIpc) is 2.90. The van der Waals surface area contributed by atoms with Crippen molar-refractivity contribution in [2.75, 3.05) is 5.75 Å². The summed E-state index contributed by atoms with van der Waals surface area (Å²) in [7, 11) is 0. The second kappa shape index (κ2) is 10.2. The predicted octanol–water partition coefficient (Wildman–Crippen LogP) is 6.92. The van der Waals surface area contributed by atoms with Gasteiger partial charge in [0.05, 0.1) is 23.6 Å². The Morgan fingerprint density at radius 1 is 1.03 bits per heavy atom. The van der Waals surface area contributed by atoms with Crippen LogP contribution < -0.4 is 5.56 Å². The van der Waals surface area contributed by atoms with E-state index in [1.807, 2.05) is 66.7 Å². The summed E-state index contributed by atoms with van der Waals surface area (Å²) in [6, 6.07) is 25.5. The molecule has 1 aliphatic carbocycles. The lowest BCUT2D eigenvalue weighted by Gasteiger charge is -2.36. The fourth-order valence-electron chi connectivity index (χ4n) is 4.85. The Morgan fingerprint density at radius 2 is 1.72 bits per heavy atom. The summed E-state index contributed by atoms with van der Waals surface area (Å²) in [6.07, 6.45) is 1.65. The first kappa shape index (κ1) is 24.7. The van der Waals surface area contributed by atoms with E-state index in [2.05, 4.69) is 41.9 Å². The van der Waals surface area contributed by atoms with E-state index < -0.39 is 0 Å². The molecule has 4 aromatic rings. The largest absolute Gasteiger partial charge is 0.293 e. The number of thioether (sulfide) groups is 1. The minimum Gasteiger partial charge on any atom is -0.293 e. The van der Waals surface area contributed by atoms with Crippen LogP contribution in [0.15, 0.2) is 93.3 Å². The number of carbonyl (C=O) groups excluding carboxylic acids is 1. The van der Waals surface area contributed by atoms with Crippen molar-refractivity contribution in [3.05, 3.63) is 116 Å². The second-order valence-corrected chi connectivity index (χ2v) is 11.3. The number of ketones is 1. The summed E-state index contributed by atoms with van der Waals surface area (Å²) in [5.74, 6) is 0.207. The Kier molecular flexibility index (Phi) is 7.00. The number of nitrogens with zero attached hydrogens (tertiary/aromatic N) is 2. The van der Waals surface area contributed by atoms with Gasteiger partial charge in [0, 0.05) is 21.0 Å². The first-order valence-electron chi connectivity index (χ1n) is 12.1. The number of Topliss-reactive ketones (excluding diaryl/α,β-unsaturated/α-hetero) is 1. The number of benzene rings is 3. The molecule has 4 nitrogen and oxygen atoms in total. The number of rotatable bonds is 7. The molecule has 36 heavy (non-hydrogen) atoms. The molecule has 1 heterocycles. The van der Waals surface area contributed by atoms with Crippen LogP contribution in [0.2, 0.25) is 0 Å². The summed E-state index contributed by atoms with van der Waals surface area (Å²) in [5, 5.41) is 0.572.